The summed E-state index contributed by atoms with van der Waals surface area (Å²) in [4.78, 5) is 8.29. The Hall–Kier alpha value is -1.42. The van der Waals surface area contributed by atoms with Crippen molar-refractivity contribution in [3.05, 3.63) is 29.8 Å². The molecule has 0 saturated heterocycles. The average molecular weight is 237 g/mol. The Morgan fingerprint density at radius 2 is 2.31 bits per heavy atom. The molecule has 0 aliphatic rings. The molecule has 0 bridgehead atoms. The van der Waals surface area contributed by atoms with Crippen molar-refractivity contribution in [2.45, 2.75) is 26.3 Å². The van der Waals surface area contributed by atoms with Crippen molar-refractivity contribution in [3.8, 4) is 11.4 Å². The molecule has 0 spiro atoms. The summed E-state index contributed by atoms with van der Waals surface area (Å²) in [5.74, 6) is 0.621. The van der Waals surface area contributed by atoms with Gasteiger partial charge in [-0.05, 0) is 12.5 Å². The lowest BCUT2D eigenvalue weighted by molar-refractivity contribution is 0.572. The molecule has 0 aromatic carbocycles. The Kier molecular flexibility index (Phi) is 3.51. The maximum Gasteiger partial charge on any atom is 0.163 e. The van der Waals surface area contributed by atoms with Crippen molar-refractivity contribution in [2.75, 3.05) is 0 Å². The van der Waals surface area contributed by atoms with Gasteiger partial charge in [0.15, 0.2) is 5.82 Å². The van der Waals surface area contributed by atoms with Crippen LogP contribution in [0.15, 0.2) is 24.7 Å². The van der Waals surface area contributed by atoms with Gasteiger partial charge in [0.05, 0.1) is 11.8 Å². The van der Waals surface area contributed by atoms with Gasteiger partial charge < -0.3 is 0 Å². The topological polar surface area (TPSA) is 43.6 Å². The molecule has 4 nitrogen and oxygen atoms in total. The third-order valence-electron chi connectivity index (χ3n) is 2.25. The van der Waals surface area contributed by atoms with Crippen LogP contribution in [0.25, 0.3) is 11.4 Å². The van der Waals surface area contributed by atoms with E-state index < -0.39 is 0 Å². The SMILES string of the molecule is CCCCn1cc(-c2nccc(Cl)n2)cn1. The Morgan fingerprint density at radius 3 is 3.06 bits per heavy atom. The first-order valence-corrected chi connectivity index (χ1v) is 5.69. The minimum atomic E-state index is 0.450. The van der Waals surface area contributed by atoms with Crippen LogP contribution in [0.3, 0.4) is 0 Å². The molecule has 0 aliphatic heterocycles. The van der Waals surface area contributed by atoms with Gasteiger partial charge in [-0.25, -0.2) is 9.97 Å². The number of unbranched alkanes of at least 4 members (excludes halogenated alkanes) is 1. The van der Waals surface area contributed by atoms with Gasteiger partial charge in [0.25, 0.3) is 0 Å². The highest BCUT2D eigenvalue weighted by atomic mass is 35.5. The van der Waals surface area contributed by atoms with E-state index in [9.17, 15) is 0 Å². The van der Waals surface area contributed by atoms with Gasteiger partial charge >= 0.3 is 0 Å². The minimum Gasteiger partial charge on any atom is -0.272 e. The zero-order chi connectivity index (χ0) is 11.4. The third-order valence-corrected chi connectivity index (χ3v) is 2.46. The molecule has 5 heteroatoms. The molecule has 0 amide bonds. The predicted octanol–water partition coefficient (Wildman–Crippen LogP) is 2.79. The van der Waals surface area contributed by atoms with Gasteiger partial charge in [0, 0.05) is 18.9 Å². The van der Waals surface area contributed by atoms with Crippen LogP contribution in [-0.2, 0) is 6.54 Å². The normalized spacial score (nSPS) is 10.6. The lowest BCUT2D eigenvalue weighted by Crippen LogP contribution is -1.96. The molecule has 2 heterocycles. The van der Waals surface area contributed by atoms with E-state index in [4.69, 9.17) is 11.6 Å². The summed E-state index contributed by atoms with van der Waals surface area (Å²) in [7, 11) is 0. The molecule has 16 heavy (non-hydrogen) atoms. The summed E-state index contributed by atoms with van der Waals surface area (Å²) in [5, 5.41) is 4.70. The molecule has 0 saturated carbocycles. The fourth-order valence-electron chi connectivity index (χ4n) is 1.40. The van der Waals surface area contributed by atoms with Gasteiger partial charge in [0.1, 0.15) is 5.15 Å². The Bertz CT molecular complexity index is 467. The molecule has 0 radical (unpaired) electrons. The lowest BCUT2D eigenvalue weighted by Gasteiger charge is -1.97. The second-order valence-corrected chi connectivity index (χ2v) is 3.94. The van der Waals surface area contributed by atoms with E-state index in [2.05, 4.69) is 22.0 Å². The molecule has 0 fully saturated rings. The van der Waals surface area contributed by atoms with E-state index in [1.165, 1.54) is 0 Å². The summed E-state index contributed by atoms with van der Waals surface area (Å²) in [6.45, 7) is 3.08. The summed E-state index contributed by atoms with van der Waals surface area (Å²) < 4.78 is 1.91. The largest absolute Gasteiger partial charge is 0.272 e. The first-order valence-electron chi connectivity index (χ1n) is 5.31. The summed E-state index contributed by atoms with van der Waals surface area (Å²) in [5.41, 5.74) is 0.901. The molecule has 0 unspecified atom stereocenters. The Morgan fingerprint density at radius 1 is 1.44 bits per heavy atom. The van der Waals surface area contributed by atoms with Crippen LogP contribution in [0.2, 0.25) is 5.15 Å². The van der Waals surface area contributed by atoms with Crippen molar-refractivity contribution < 1.29 is 0 Å². The fraction of sp³-hybridized carbons (Fsp3) is 0.364. The van der Waals surface area contributed by atoms with Crippen LogP contribution >= 0.6 is 11.6 Å². The van der Waals surface area contributed by atoms with E-state index in [-0.39, 0.29) is 0 Å². The summed E-state index contributed by atoms with van der Waals surface area (Å²) in [6, 6.07) is 1.66. The number of hydrogen-bond acceptors (Lipinski definition) is 3. The molecule has 0 aliphatic carbocycles. The number of rotatable bonds is 4. The number of aryl methyl sites for hydroxylation is 1. The third kappa shape index (κ3) is 2.58. The fourth-order valence-corrected chi connectivity index (χ4v) is 1.53. The van der Waals surface area contributed by atoms with Crippen LogP contribution in [0.4, 0.5) is 0 Å². The lowest BCUT2D eigenvalue weighted by atomic mass is 10.3. The highest BCUT2D eigenvalue weighted by molar-refractivity contribution is 6.29. The zero-order valence-corrected chi connectivity index (χ0v) is 9.85. The molecule has 2 rings (SSSR count). The van der Waals surface area contributed by atoms with Crippen LogP contribution in [-0.4, -0.2) is 19.7 Å². The number of halogens is 1. The first kappa shape index (κ1) is 11.1. The van der Waals surface area contributed by atoms with Crippen LogP contribution < -0.4 is 0 Å². The zero-order valence-electron chi connectivity index (χ0n) is 9.10. The van der Waals surface area contributed by atoms with Crippen molar-refractivity contribution in [2.24, 2.45) is 0 Å². The van der Waals surface area contributed by atoms with Gasteiger partial charge in [-0.3, -0.25) is 4.68 Å². The van der Waals surface area contributed by atoms with E-state index >= 15 is 0 Å². The second kappa shape index (κ2) is 5.07. The standard InChI is InChI=1S/C11H13ClN4/c1-2-3-6-16-8-9(7-14-16)11-13-5-4-10(12)15-11/h4-5,7-8H,2-3,6H2,1H3. The van der Waals surface area contributed by atoms with E-state index in [0.717, 1.165) is 24.9 Å². The molecule has 84 valence electrons. The van der Waals surface area contributed by atoms with E-state index in [1.54, 1.807) is 18.5 Å². The molecule has 0 N–H and O–H groups in total. The van der Waals surface area contributed by atoms with Gasteiger partial charge in [-0.15, -0.1) is 0 Å². The van der Waals surface area contributed by atoms with Gasteiger partial charge in [-0.1, -0.05) is 24.9 Å². The van der Waals surface area contributed by atoms with Crippen molar-refractivity contribution >= 4 is 11.6 Å². The predicted molar refractivity (Wildman–Crippen MR) is 63.2 cm³/mol. The van der Waals surface area contributed by atoms with Crippen molar-refractivity contribution in [1.29, 1.82) is 0 Å². The van der Waals surface area contributed by atoms with Crippen molar-refractivity contribution in [3.63, 3.8) is 0 Å². The Balaban J connectivity index is 2.18. The van der Waals surface area contributed by atoms with Crippen LogP contribution in [0.1, 0.15) is 19.8 Å². The van der Waals surface area contributed by atoms with Crippen molar-refractivity contribution in [1.82, 2.24) is 19.7 Å². The molecule has 2 aromatic rings. The highest BCUT2D eigenvalue weighted by Gasteiger charge is 2.04. The number of nitrogens with zero attached hydrogens (tertiary/aromatic N) is 4. The monoisotopic (exact) mass is 236 g/mol. The van der Waals surface area contributed by atoms with E-state index in [1.807, 2.05) is 10.9 Å². The van der Waals surface area contributed by atoms with Gasteiger partial charge in [0.2, 0.25) is 0 Å². The maximum absolute atomic E-state index is 5.81. The molecular formula is C11H13ClN4. The Labute approximate surface area is 99.3 Å². The maximum atomic E-state index is 5.81. The van der Waals surface area contributed by atoms with Crippen LogP contribution in [0, 0.1) is 0 Å². The first-order chi connectivity index (χ1) is 7.79. The molecule has 0 atom stereocenters. The number of aromatic nitrogens is 4. The molecule has 2 aromatic heterocycles. The second-order valence-electron chi connectivity index (χ2n) is 3.55. The average Bonchev–Trinajstić information content (AvgIpc) is 2.75. The van der Waals surface area contributed by atoms with E-state index in [0.29, 0.717) is 11.0 Å². The smallest absolute Gasteiger partial charge is 0.163 e. The van der Waals surface area contributed by atoms with Crippen LogP contribution in [0.5, 0.6) is 0 Å². The summed E-state index contributed by atoms with van der Waals surface area (Å²) >= 11 is 5.81. The number of hydrogen-bond donors (Lipinski definition) is 0. The summed E-state index contributed by atoms with van der Waals surface area (Å²) in [6.07, 6.45) is 7.64. The minimum absolute atomic E-state index is 0.450. The quantitative estimate of drug-likeness (QED) is 0.767. The molecular weight excluding hydrogens is 224 g/mol. The van der Waals surface area contributed by atoms with Gasteiger partial charge in [-0.2, -0.15) is 5.10 Å². The highest BCUT2D eigenvalue weighted by Crippen LogP contribution is 2.15.